The first-order valence-corrected chi connectivity index (χ1v) is 4.33. The van der Waals surface area contributed by atoms with Crippen molar-refractivity contribution >= 4 is 0 Å². The van der Waals surface area contributed by atoms with Crippen LogP contribution in [-0.4, -0.2) is 24.3 Å². The SMILES string of the molecule is C1CC2OC3CC1NC2C3. The Kier molecular flexibility index (Phi) is 0.968. The Bertz CT molecular complexity index is 149. The number of piperidine rings is 2. The maximum absolute atomic E-state index is 5.81. The lowest BCUT2D eigenvalue weighted by Gasteiger charge is -2.33. The summed E-state index contributed by atoms with van der Waals surface area (Å²) in [5.74, 6) is 0. The van der Waals surface area contributed by atoms with Crippen molar-refractivity contribution in [1.29, 1.82) is 0 Å². The summed E-state index contributed by atoms with van der Waals surface area (Å²) in [6, 6.07) is 1.51. The fraction of sp³-hybridized carbons (Fsp3) is 1.00. The zero-order valence-electron chi connectivity index (χ0n) is 6.05. The van der Waals surface area contributed by atoms with E-state index >= 15 is 0 Å². The molecule has 3 saturated heterocycles. The van der Waals surface area contributed by atoms with E-state index in [1.165, 1.54) is 25.7 Å². The summed E-state index contributed by atoms with van der Waals surface area (Å²) in [4.78, 5) is 0. The molecule has 3 aliphatic heterocycles. The fourth-order valence-electron chi connectivity index (χ4n) is 2.68. The third kappa shape index (κ3) is 0.611. The second kappa shape index (κ2) is 1.74. The summed E-state index contributed by atoms with van der Waals surface area (Å²) >= 11 is 0. The molecule has 3 fully saturated rings. The molecule has 2 nitrogen and oxygen atoms in total. The average molecular weight is 139 g/mol. The van der Waals surface area contributed by atoms with Crippen molar-refractivity contribution in [3.8, 4) is 0 Å². The van der Waals surface area contributed by atoms with Crippen molar-refractivity contribution in [2.75, 3.05) is 0 Å². The van der Waals surface area contributed by atoms with Crippen LogP contribution in [0, 0.1) is 0 Å². The Labute approximate surface area is 60.9 Å². The second-order valence-corrected chi connectivity index (χ2v) is 3.82. The molecule has 4 unspecified atom stereocenters. The molecule has 0 spiro atoms. The van der Waals surface area contributed by atoms with Gasteiger partial charge in [0.25, 0.3) is 0 Å². The van der Waals surface area contributed by atoms with E-state index in [1.807, 2.05) is 0 Å². The van der Waals surface area contributed by atoms with Crippen LogP contribution < -0.4 is 5.32 Å². The Morgan fingerprint density at radius 3 is 3.20 bits per heavy atom. The number of hydrogen-bond donors (Lipinski definition) is 1. The summed E-state index contributed by atoms with van der Waals surface area (Å²) < 4.78 is 5.81. The molecule has 0 amide bonds. The standard InChI is InChI=1S/C8H13NO/c1-2-8-7-4-6(10-8)3-5(1)9-7/h5-9H,1-4H2. The van der Waals surface area contributed by atoms with Gasteiger partial charge in [0.1, 0.15) is 0 Å². The fourth-order valence-corrected chi connectivity index (χ4v) is 2.68. The average Bonchev–Trinajstić information content (AvgIpc) is 2.11. The lowest BCUT2D eigenvalue weighted by atomic mass is 9.87. The van der Waals surface area contributed by atoms with Crippen LogP contribution in [0.15, 0.2) is 0 Å². The van der Waals surface area contributed by atoms with Gasteiger partial charge in [-0.1, -0.05) is 0 Å². The number of ether oxygens (including phenoxy) is 1. The second-order valence-electron chi connectivity index (χ2n) is 3.82. The Hall–Kier alpha value is -0.0800. The summed E-state index contributed by atoms with van der Waals surface area (Å²) in [6.45, 7) is 0. The molecule has 0 aromatic carbocycles. The van der Waals surface area contributed by atoms with Crippen LogP contribution in [0.2, 0.25) is 0 Å². The zero-order valence-corrected chi connectivity index (χ0v) is 6.05. The molecule has 3 heterocycles. The van der Waals surface area contributed by atoms with Crippen LogP contribution in [0.4, 0.5) is 0 Å². The first-order valence-electron chi connectivity index (χ1n) is 4.33. The first-order chi connectivity index (χ1) is 4.92. The number of fused-ring (bicyclic) bond motifs is 2. The lowest BCUT2D eigenvalue weighted by Crippen LogP contribution is -2.49. The summed E-state index contributed by atoms with van der Waals surface area (Å²) in [6.07, 6.45) is 6.39. The lowest BCUT2D eigenvalue weighted by molar-refractivity contribution is 0.0496. The van der Waals surface area contributed by atoms with Crippen LogP contribution in [-0.2, 0) is 4.74 Å². The number of rotatable bonds is 0. The molecule has 0 aliphatic carbocycles. The minimum Gasteiger partial charge on any atom is -0.373 e. The molecule has 56 valence electrons. The molecule has 0 saturated carbocycles. The minimum absolute atomic E-state index is 0.573. The van der Waals surface area contributed by atoms with Gasteiger partial charge < -0.3 is 10.1 Å². The molecule has 1 N–H and O–H groups in total. The maximum atomic E-state index is 5.81. The van der Waals surface area contributed by atoms with Crippen molar-refractivity contribution in [3.05, 3.63) is 0 Å². The molecule has 3 bridgehead atoms. The zero-order chi connectivity index (χ0) is 6.55. The molecule has 10 heavy (non-hydrogen) atoms. The van der Waals surface area contributed by atoms with Gasteiger partial charge >= 0.3 is 0 Å². The van der Waals surface area contributed by atoms with Gasteiger partial charge in [-0.25, -0.2) is 0 Å². The van der Waals surface area contributed by atoms with Crippen molar-refractivity contribution in [1.82, 2.24) is 5.32 Å². The van der Waals surface area contributed by atoms with Crippen LogP contribution >= 0.6 is 0 Å². The van der Waals surface area contributed by atoms with Crippen LogP contribution in [0.1, 0.15) is 25.7 Å². The molecular formula is C8H13NO. The van der Waals surface area contributed by atoms with E-state index in [9.17, 15) is 0 Å². The van der Waals surface area contributed by atoms with Gasteiger partial charge in [-0.05, 0) is 25.7 Å². The molecule has 3 rings (SSSR count). The number of nitrogens with one attached hydrogen (secondary N) is 1. The predicted octanol–water partition coefficient (Wildman–Crippen LogP) is 0.668. The Balaban J connectivity index is 1.94. The highest BCUT2D eigenvalue weighted by atomic mass is 16.5. The van der Waals surface area contributed by atoms with E-state index < -0.39 is 0 Å². The highest BCUT2D eigenvalue weighted by Gasteiger charge is 2.44. The van der Waals surface area contributed by atoms with Crippen LogP contribution in [0.3, 0.4) is 0 Å². The molecular weight excluding hydrogens is 126 g/mol. The smallest absolute Gasteiger partial charge is 0.0733 e. The molecule has 3 aliphatic rings. The Morgan fingerprint density at radius 1 is 1.20 bits per heavy atom. The monoisotopic (exact) mass is 139 g/mol. The first kappa shape index (κ1) is 5.56. The van der Waals surface area contributed by atoms with Gasteiger partial charge in [-0.3, -0.25) is 0 Å². The van der Waals surface area contributed by atoms with E-state index in [-0.39, 0.29) is 0 Å². The van der Waals surface area contributed by atoms with Gasteiger partial charge in [-0.15, -0.1) is 0 Å². The topological polar surface area (TPSA) is 21.3 Å². The molecule has 0 aromatic rings. The molecule has 4 atom stereocenters. The van der Waals surface area contributed by atoms with Crippen molar-refractivity contribution in [2.24, 2.45) is 0 Å². The summed E-state index contributed by atoms with van der Waals surface area (Å²) in [5, 5.41) is 3.62. The normalized spacial score (nSPS) is 57.6. The number of hydrogen-bond acceptors (Lipinski definition) is 2. The van der Waals surface area contributed by atoms with E-state index in [0.717, 1.165) is 12.1 Å². The third-order valence-corrected chi connectivity index (χ3v) is 3.13. The third-order valence-electron chi connectivity index (χ3n) is 3.13. The molecule has 0 aromatic heterocycles. The van der Waals surface area contributed by atoms with Crippen molar-refractivity contribution in [3.63, 3.8) is 0 Å². The summed E-state index contributed by atoms with van der Waals surface area (Å²) in [5.41, 5.74) is 0. The Morgan fingerprint density at radius 2 is 2.20 bits per heavy atom. The van der Waals surface area contributed by atoms with Crippen molar-refractivity contribution < 1.29 is 4.74 Å². The van der Waals surface area contributed by atoms with E-state index in [4.69, 9.17) is 4.74 Å². The van der Waals surface area contributed by atoms with Crippen LogP contribution in [0.5, 0.6) is 0 Å². The molecule has 2 heteroatoms. The van der Waals surface area contributed by atoms with E-state index in [2.05, 4.69) is 5.32 Å². The largest absolute Gasteiger partial charge is 0.373 e. The highest BCUT2D eigenvalue weighted by molar-refractivity contribution is 5.00. The molecule has 0 radical (unpaired) electrons. The summed E-state index contributed by atoms with van der Waals surface area (Å²) in [7, 11) is 0. The van der Waals surface area contributed by atoms with Gasteiger partial charge in [0, 0.05) is 12.1 Å². The van der Waals surface area contributed by atoms with Gasteiger partial charge in [0.05, 0.1) is 12.2 Å². The van der Waals surface area contributed by atoms with Crippen molar-refractivity contribution in [2.45, 2.75) is 50.0 Å². The predicted molar refractivity (Wildman–Crippen MR) is 37.8 cm³/mol. The van der Waals surface area contributed by atoms with Gasteiger partial charge in [-0.2, -0.15) is 0 Å². The maximum Gasteiger partial charge on any atom is 0.0733 e. The van der Waals surface area contributed by atoms with Gasteiger partial charge in [0.15, 0.2) is 0 Å². The van der Waals surface area contributed by atoms with E-state index in [1.54, 1.807) is 0 Å². The van der Waals surface area contributed by atoms with Crippen LogP contribution in [0.25, 0.3) is 0 Å². The van der Waals surface area contributed by atoms with E-state index in [0.29, 0.717) is 12.2 Å². The minimum atomic E-state index is 0.573. The van der Waals surface area contributed by atoms with Gasteiger partial charge in [0.2, 0.25) is 0 Å². The highest BCUT2D eigenvalue weighted by Crippen LogP contribution is 2.36. The quantitative estimate of drug-likeness (QED) is 0.532.